The molecule has 0 aliphatic rings. The van der Waals surface area contributed by atoms with Gasteiger partial charge in [-0.2, -0.15) is 0 Å². The van der Waals surface area contributed by atoms with Crippen molar-refractivity contribution in [1.29, 1.82) is 0 Å². The molecule has 0 saturated carbocycles. The second-order valence-corrected chi connectivity index (χ2v) is 3.63. The van der Waals surface area contributed by atoms with E-state index in [2.05, 4.69) is 0 Å². The number of hydrogen-bond acceptors (Lipinski definition) is 4. The van der Waals surface area contributed by atoms with Crippen molar-refractivity contribution in [2.24, 2.45) is 0 Å². The number of fused-ring (bicyclic) bond motifs is 1. The van der Waals surface area contributed by atoms with Gasteiger partial charge in [0, 0.05) is 17.9 Å². The van der Waals surface area contributed by atoms with E-state index in [0.717, 1.165) is 0 Å². The third-order valence-corrected chi connectivity index (χ3v) is 2.56. The average Bonchev–Trinajstić information content (AvgIpc) is 2.36. The van der Waals surface area contributed by atoms with Crippen molar-refractivity contribution in [1.82, 2.24) is 0 Å². The lowest BCUT2D eigenvalue weighted by Crippen LogP contribution is -2.12. The highest BCUT2D eigenvalue weighted by molar-refractivity contribution is 5.98. The number of benzene rings is 1. The van der Waals surface area contributed by atoms with Gasteiger partial charge in [-0.1, -0.05) is 6.92 Å². The van der Waals surface area contributed by atoms with Crippen LogP contribution in [0.25, 0.3) is 11.0 Å². The largest absolute Gasteiger partial charge is 0.497 e. The molecule has 0 bridgehead atoms. The van der Waals surface area contributed by atoms with Crippen LogP contribution in [0.2, 0.25) is 0 Å². The Balaban J connectivity index is 2.66. The number of carbonyl (C=O) groups is 1. The third-order valence-electron chi connectivity index (χ3n) is 2.56. The molecular formula is C13H12O4. The Morgan fingerprint density at radius 2 is 2.12 bits per heavy atom. The van der Waals surface area contributed by atoms with Gasteiger partial charge >= 0.3 is 5.63 Å². The molecular weight excluding hydrogens is 220 g/mol. The minimum Gasteiger partial charge on any atom is -0.497 e. The molecule has 0 fully saturated rings. The molecule has 0 unspecified atom stereocenters. The molecule has 4 nitrogen and oxygen atoms in total. The second-order valence-electron chi connectivity index (χ2n) is 3.63. The van der Waals surface area contributed by atoms with Crippen molar-refractivity contribution in [3.8, 4) is 5.75 Å². The number of Topliss-reactive ketones (excluding diaryl/α,β-unsaturated/α-hetero) is 1. The molecule has 0 aliphatic heterocycles. The normalized spacial score (nSPS) is 10.5. The average molecular weight is 232 g/mol. The summed E-state index contributed by atoms with van der Waals surface area (Å²) in [6.45, 7) is 1.71. The van der Waals surface area contributed by atoms with Gasteiger partial charge < -0.3 is 9.15 Å². The lowest BCUT2D eigenvalue weighted by atomic mass is 10.1. The lowest BCUT2D eigenvalue weighted by molar-refractivity contribution is 0.0985. The number of ketones is 1. The van der Waals surface area contributed by atoms with E-state index in [1.807, 2.05) is 0 Å². The van der Waals surface area contributed by atoms with Gasteiger partial charge in [0.25, 0.3) is 0 Å². The summed E-state index contributed by atoms with van der Waals surface area (Å²) in [4.78, 5) is 23.1. The van der Waals surface area contributed by atoms with E-state index in [4.69, 9.17) is 9.15 Å². The van der Waals surface area contributed by atoms with Crippen molar-refractivity contribution >= 4 is 16.8 Å². The van der Waals surface area contributed by atoms with E-state index in [0.29, 0.717) is 16.7 Å². The molecule has 2 rings (SSSR count). The van der Waals surface area contributed by atoms with Crippen LogP contribution >= 0.6 is 0 Å². The number of carbonyl (C=O) groups excluding carboxylic acids is 1. The highest BCUT2D eigenvalue weighted by atomic mass is 16.5. The van der Waals surface area contributed by atoms with Crippen molar-refractivity contribution in [2.75, 3.05) is 7.11 Å². The van der Waals surface area contributed by atoms with Gasteiger partial charge in [0.05, 0.1) is 7.11 Å². The van der Waals surface area contributed by atoms with Gasteiger partial charge in [-0.25, -0.2) is 4.79 Å². The van der Waals surface area contributed by atoms with Crippen LogP contribution in [0, 0.1) is 0 Å². The first kappa shape index (κ1) is 11.4. The van der Waals surface area contributed by atoms with Crippen LogP contribution in [-0.4, -0.2) is 12.9 Å². The van der Waals surface area contributed by atoms with Gasteiger partial charge in [0.2, 0.25) is 0 Å². The molecule has 88 valence electrons. The van der Waals surface area contributed by atoms with E-state index in [-0.39, 0.29) is 17.8 Å². The van der Waals surface area contributed by atoms with Gasteiger partial charge in [0.1, 0.15) is 16.9 Å². The Morgan fingerprint density at radius 1 is 1.35 bits per heavy atom. The zero-order valence-electron chi connectivity index (χ0n) is 9.65. The Bertz CT molecular complexity index is 625. The maximum absolute atomic E-state index is 11.6. The van der Waals surface area contributed by atoms with Crippen molar-refractivity contribution in [2.45, 2.75) is 13.3 Å². The molecule has 17 heavy (non-hydrogen) atoms. The van der Waals surface area contributed by atoms with Crippen molar-refractivity contribution in [3.63, 3.8) is 0 Å². The highest BCUT2D eigenvalue weighted by Crippen LogP contribution is 2.20. The molecule has 0 amide bonds. The van der Waals surface area contributed by atoms with Crippen LogP contribution in [0.5, 0.6) is 5.75 Å². The van der Waals surface area contributed by atoms with Crippen LogP contribution in [0.1, 0.15) is 23.7 Å². The molecule has 2 aromatic rings. The first-order valence-corrected chi connectivity index (χ1v) is 5.30. The number of rotatable bonds is 3. The highest BCUT2D eigenvalue weighted by Gasteiger charge is 2.11. The molecule has 1 aromatic heterocycles. The van der Waals surface area contributed by atoms with Gasteiger partial charge in [-0.3, -0.25) is 4.79 Å². The number of hydrogen-bond donors (Lipinski definition) is 0. The fraction of sp³-hybridized carbons (Fsp3) is 0.231. The number of methoxy groups -OCH3 is 1. The predicted molar refractivity (Wildman–Crippen MR) is 63.7 cm³/mol. The third kappa shape index (κ3) is 2.06. The summed E-state index contributed by atoms with van der Waals surface area (Å²) in [5.74, 6) is 0.395. The van der Waals surface area contributed by atoms with E-state index in [9.17, 15) is 9.59 Å². The van der Waals surface area contributed by atoms with E-state index in [1.165, 1.54) is 7.11 Å². The van der Waals surface area contributed by atoms with Crippen LogP contribution in [0.3, 0.4) is 0 Å². The van der Waals surface area contributed by atoms with Crippen molar-refractivity contribution < 1.29 is 13.9 Å². The summed E-state index contributed by atoms with van der Waals surface area (Å²) in [5, 5.41) is 0.710. The minimum atomic E-state index is -0.599. The summed E-state index contributed by atoms with van der Waals surface area (Å²) in [5.41, 5.74) is -0.0789. The quantitative estimate of drug-likeness (QED) is 0.602. The Morgan fingerprint density at radius 3 is 2.76 bits per heavy atom. The smallest absolute Gasteiger partial charge is 0.347 e. The number of ether oxygens (including phenoxy) is 1. The lowest BCUT2D eigenvalue weighted by Gasteiger charge is -2.02. The Hall–Kier alpha value is -2.10. The van der Waals surface area contributed by atoms with Crippen LogP contribution in [0.15, 0.2) is 33.5 Å². The maximum atomic E-state index is 11.6. The SMILES string of the molecule is CCC(=O)c1cc2ccc(OC)cc2oc1=O. The second kappa shape index (κ2) is 4.41. The maximum Gasteiger partial charge on any atom is 0.347 e. The zero-order chi connectivity index (χ0) is 12.4. The van der Waals surface area contributed by atoms with E-state index < -0.39 is 5.63 Å². The summed E-state index contributed by atoms with van der Waals surface area (Å²) in [7, 11) is 1.54. The molecule has 0 saturated heterocycles. The first-order chi connectivity index (χ1) is 8.15. The van der Waals surface area contributed by atoms with Crippen LogP contribution in [0.4, 0.5) is 0 Å². The van der Waals surface area contributed by atoms with E-state index >= 15 is 0 Å². The molecule has 0 atom stereocenters. The topological polar surface area (TPSA) is 56.5 Å². The Kier molecular flexibility index (Phi) is 2.95. The predicted octanol–water partition coefficient (Wildman–Crippen LogP) is 2.39. The first-order valence-electron chi connectivity index (χ1n) is 5.30. The Labute approximate surface area is 97.8 Å². The standard InChI is InChI=1S/C13H12O4/c1-3-11(14)10-6-8-4-5-9(16-2)7-12(8)17-13(10)15/h4-7H,3H2,1-2H3. The molecule has 0 radical (unpaired) electrons. The molecule has 4 heteroatoms. The summed E-state index contributed by atoms with van der Waals surface area (Å²) < 4.78 is 10.1. The van der Waals surface area contributed by atoms with Crippen LogP contribution in [-0.2, 0) is 0 Å². The molecule has 0 aliphatic carbocycles. The van der Waals surface area contributed by atoms with Crippen LogP contribution < -0.4 is 10.4 Å². The zero-order valence-corrected chi connectivity index (χ0v) is 9.65. The molecule has 1 heterocycles. The molecule has 0 spiro atoms. The van der Waals surface area contributed by atoms with E-state index in [1.54, 1.807) is 31.2 Å². The summed E-state index contributed by atoms with van der Waals surface area (Å²) in [6.07, 6.45) is 0.284. The van der Waals surface area contributed by atoms with Gasteiger partial charge in [0.15, 0.2) is 5.78 Å². The monoisotopic (exact) mass is 232 g/mol. The van der Waals surface area contributed by atoms with Gasteiger partial charge in [-0.05, 0) is 18.2 Å². The minimum absolute atomic E-state index is 0.102. The summed E-state index contributed by atoms with van der Waals surface area (Å²) in [6, 6.07) is 6.69. The molecule has 1 aromatic carbocycles. The van der Waals surface area contributed by atoms with Gasteiger partial charge in [-0.15, -0.1) is 0 Å². The summed E-state index contributed by atoms with van der Waals surface area (Å²) >= 11 is 0. The fourth-order valence-electron chi connectivity index (χ4n) is 1.60. The molecule has 0 N–H and O–H groups in total. The fourth-order valence-corrected chi connectivity index (χ4v) is 1.60. The van der Waals surface area contributed by atoms with Crippen molar-refractivity contribution in [3.05, 3.63) is 40.2 Å².